The first kappa shape index (κ1) is 20.7. The summed E-state index contributed by atoms with van der Waals surface area (Å²) < 4.78 is 19.4. The number of hydrogen-bond donors (Lipinski definition) is 0. The van der Waals surface area contributed by atoms with Gasteiger partial charge in [-0.1, -0.05) is 0 Å². The van der Waals surface area contributed by atoms with Gasteiger partial charge in [-0.3, -0.25) is 9.59 Å². The van der Waals surface area contributed by atoms with Crippen LogP contribution < -0.4 is 4.74 Å². The monoisotopic (exact) mass is 442 g/mol. The van der Waals surface area contributed by atoms with E-state index in [0.29, 0.717) is 30.9 Å². The minimum atomic E-state index is -0.777. The molecule has 2 fully saturated rings. The lowest BCUT2D eigenvalue weighted by atomic mass is 9.89. The average Bonchev–Trinajstić information content (AvgIpc) is 3.40. The fourth-order valence-electron chi connectivity index (χ4n) is 4.43. The summed E-state index contributed by atoms with van der Waals surface area (Å²) >= 11 is 1.78. The van der Waals surface area contributed by atoms with Crippen molar-refractivity contribution in [3.63, 3.8) is 0 Å². The molecule has 2 aliphatic heterocycles. The van der Waals surface area contributed by atoms with Gasteiger partial charge in [-0.2, -0.15) is 5.10 Å². The largest absolute Gasteiger partial charge is 0.407 e. The predicted molar refractivity (Wildman–Crippen MR) is 115 cm³/mol. The quantitative estimate of drug-likeness (QED) is 0.515. The minimum Gasteiger partial charge on any atom is -0.407 e. The third-order valence-electron chi connectivity index (χ3n) is 6.23. The maximum atomic E-state index is 13.7. The first-order valence-corrected chi connectivity index (χ1v) is 11.8. The molecule has 3 aliphatic rings. The molecule has 0 N–H and O–H groups in total. The first-order valence-electron chi connectivity index (χ1n) is 10.8. The molecular formula is C23H26N2O5S. The van der Waals surface area contributed by atoms with E-state index in [1.165, 1.54) is 6.20 Å². The normalized spacial score (nSPS) is 19.5. The SMILES string of the molecule is CCn1ncc(C(=O)c2cc(C)c3c(c2C)C2(CCS3)OCCO2)c1OC(=O)C1CC1. The molecule has 0 amide bonds. The van der Waals surface area contributed by atoms with Crippen molar-refractivity contribution >= 4 is 23.5 Å². The van der Waals surface area contributed by atoms with Crippen molar-refractivity contribution in [3.8, 4) is 5.88 Å². The Balaban J connectivity index is 1.59. The lowest BCUT2D eigenvalue weighted by Gasteiger charge is -2.36. The number of esters is 1. The molecule has 164 valence electrons. The summed E-state index contributed by atoms with van der Waals surface area (Å²) in [6.07, 6.45) is 3.93. The zero-order chi connectivity index (χ0) is 21.8. The number of carbonyl (C=O) groups excluding carboxylic acids is 2. The Labute approximate surface area is 185 Å². The van der Waals surface area contributed by atoms with Crippen LogP contribution >= 0.6 is 11.8 Å². The van der Waals surface area contributed by atoms with Gasteiger partial charge in [-0.05, 0) is 50.8 Å². The summed E-state index contributed by atoms with van der Waals surface area (Å²) in [7, 11) is 0. The Hall–Kier alpha value is -2.16. The summed E-state index contributed by atoms with van der Waals surface area (Å²) in [4.78, 5) is 27.1. The summed E-state index contributed by atoms with van der Waals surface area (Å²) in [5.74, 6) is -0.191. The molecule has 1 aromatic heterocycles. The van der Waals surface area contributed by atoms with Crippen LogP contribution in [0.15, 0.2) is 17.2 Å². The molecule has 31 heavy (non-hydrogen) atoms. The number of hydrogen-bond acceptors (Lipinski definition) is 7. The Kier molecular flexibility index (Phi) is 5.19. The van der Waals surface area contributed by atoms with Crippen molar-refractivity contribution in [3.05, 3.63) is 40.1 Å². The van der Waals surface area contributed by atoms with Crippen LogP contribution in [0.5, 0.6) is 5.88 Å². The zero-order valence-electron chi connectivity index (χ0n) is 18.0. The molecule has 0 radical (unpaired) electrons. The van der Waals surface area contributed by atoms with Gasteiger partial charge in [0, 0.05) is 34.7 Å². The van der Waals surface area contributed by atoms with Crippen LogP contribution in [-0.4, -0.2) is 40.5 Å². The second-order valence-corrected chi connectivity index (χ2v) is 9.43. The van der Waals surface area contributed by atoms with Crippen LogP contribution in [0.25, 0.3) is 0 Å². The summed E-state index contributed by atoms with van der Waals surface area (Å²) in [6.45, 7) is 7.46. The van der Waals surface area contributed by atoms with Crippen molar-refractivity contribution < 1.29 is 23.8 Å². The van der Waals surface area contributed by atoms with Gasteiger partial charge in [0.15, 0.2) is 11.6 Å². The highest BCUT2D eigenvalue weighted by Gasteiger charge is 2.45. The van der Waals surface area contributed by atoms with Crippen molar-refractivity contribution in [2.45, 2.75) is 57.3 Å². The molecule has 3 heterocycles. The molecule has 1 spiro atoms. The molecular weight excluding hydrogens is 416 g/mol. The number of rotatable bonds is 5. The fourth-order valence-corrected chi connectivity index (χ4v) is 5.75. The molecule has 1 aliphatic carbocycles. The lowest BCUT2D eigenvalue weighted by Crippen LogP contribution is -2.33. The van der Waals surface area contributed by atoms with Crippen molar-refractivity contribution in [2.75, 3.05) is 19.0 Å². The maximum Gasteiger partial charge on any atom is 0.315 e. The number of ketones is 1. The summed E-state index contributed by atoms with van der Waals surface area (Å²) in [5, 5.41) is 4.29. The number of aryl methyl sites for hydroxylation is 2. The lowest BCUT2D eigenvalue weighted by molar-refractivity contribution is -0.170. The second-order valence-electron chi connectivity index (χ2n) is 8.32. The Morgan fingerprint density at radius 1 is 1.26 bits per heavy atom. The smallest absolute Gasteiger partial charge is 0.315 e. The topological polar surface area (TPSA) is 79.7 Å². The first-order chi connectivity index (χ1) is 14.9. The highest BCUT2D eigenvalue weighted by molar-refractivity contribution is 7.99. The predicted octanol–water partition coefficient (Wildman–Crippen LogP) is 3.76. The number of nitrogens with zero attached hydrogens (tertiary/aromatic N) is 2. The number of fused-ring (bicyclic) bond motifs is 2. The average molecular weight is 443 g/mol. The third-order valence-corrected chi connectivity index (χ3v) is 7.45. The summed E-state index contributed by atoms with van der Waals surface area (Å²) in [5.41, 5.74) is 3.71. The van der Waals surface area contributed by atoms with Gasteiger partial charge < -0.3 is 14.2 Å². The van der Waals surface area contributed by atoms with E-state index < -0.39 is 5.79 Å². The van der Waals surface area contributed by atoms with Crippen LogP contribution in [-0.2, 0) is 26.6 Å². The van der Waals surface area contributed by atoms with Gasteiger partial charge in [0.2, 0.25) is 5.88 Å². The van der Waals surface area contributed by atoms with Crippen LogP contribution in [0.2, 0.25) is 0 Å². The number of carbonyl (C=O) groups is 2. The van der Waals surface area contributed by atoms with Crippen LogP contribution in [0, 0.1) is 19.8 Å². The molecule has 1 saturated carbocycles. The van der Waals surface area contributed by atoms with E-state index in [4.69, 9.17) is 14.2 Å². The Bertz CT molecular complexity index is 1070. The van der Waals surface area contributed by atoms with Crippen LogP contribution in [0.4, 0.5) is 0 Å². The third kappa shape index (κ3) is 3.41. The van der Waals surface area contributed by atoms with Crippen molar-refractivity contribution in [1.82, 2.24) is 9.78 Å². The van der Waals surface area contributed by atoms with Gasteiger partial charge in [0.1, 0.15) is 5.56 Å². The zero-order valence-corrected chi connectivity index (χ0v) is 18.8. The molecule has 1 saturated heterocycles. The van der Waals surface area contributed by atoms with E-state index in [9.17, 15) is 9.59 Å². The minimum absolute atomic E-state index is 0.0653. The summed E-state index contributed by atoms with van der Waals surface area (Å²) in [6, 6.07) is 1.92. The van der Waals surface area contributed by atoms with Gasteiger partial charge >= 0.3 is 5.97 Å². The molecule has 0 atom stereocenters. The van der Waals surface area contributed by atoms with E-state index in [-0.39, 0.29) is 23.6 Å². The standard InChI is InChI=1S/C23H26N2O5S/c1-4-25-21(30-22(27)15-5-6-15)17(12-24-25)19(26)16-11-13(2)20-18(14(16)3)23(7-10-31-20)28-8-9-29-23/h11-12,15H,4-10H2,1-3H3. The van der Waals surface area contributed by atoms with E-state index in [1.54, 1.807) is 16.4 Å². The van der Waals surface area contributed by atoms with E-state index in [1.807, 2.05) is 26.8 Å². The second kappa shape index (κ2) is 7.76. The fraction of sp³-hybridized carbons (Fsp3) is 0.522. The molecule has 7 nitrogen and oxygen atoms in total. The van der Waals surface area contributed by atoms with Gasteiger partial charge in [0.05, 0.1) is 25.3 Å². The molecule has 0 unspecified atom stereocenters. The Morgan fingerprint density at radius 2 is 2.00 bits per heavy atom. The molecule has 8 heteroatoms. The number of aromatic nitrogens is 2. The highest BCUT2D eigenvalue weighted by atomic mass is 32.2. The molecule has 0 bridgehead atoms. The van der Waals surface area contributed by atoms with Gasteiger partial charge in [-0.15, -0.1) is 11.8 Å². The number of benzene rings is 1. The molecule has 1 aromatic carbocycles. The van der Waals surface area contributed by atoms with Gasteiger partial charge in [0.25, 0.3) is 0 Å². The van der Waals surface area contributed by atoms with Crippen LogP contribution in [0.1, 0.15) is 58.8 Å². The van der Waals surface area contributed by atoms with E-state index in [0.717, 1.165) is 46.6 Å². The maximum absolute atomic E-state index is 13.7. The van der Waals surface area contributed by atoms with Crippen molar-refractivity contribution in [2.24, 2.45) is 5.92 Å². The molecule has 5 rings (SSSR count). The van der Waals surface area contributed by atoms with Gasteiger partial charge in [-0.25, -0.2) is 4.68 Å². The highest BCUT2D eigenvalue weighted by Crippen LogP contribution is 2.49. The Morgan fingerprint density at radius 3 is 2.68 bits per heavy atom. The van der Waals surface area contributed by atoms with E-state index in [2.05, 4.69) is 5.10 Å². The number of ether oxygens (including phenoxy) is 3. The van der Waals surface area contributed by atoms with E-state index >= 15 is 0 Å². The van der Waals surface area contributed by atoms with Crippen LogP contribution in [0.3, 0.4) is 0 Å². The van der Waals surface area contributed by atoms with Crippen molar-refractivity contribution in [1.29, 1.82) is 0 Å². The molecule has 2 aromatic rings. The number of thioether (sulfide) groups is 1.